The molecule has 1 aliphatic rings. The molecule has 0 unspecified atom stereocenters. The fourth-order valence-corrected chi connectivity index (χ4v) is 2.43. The molecule has 2 rings (SSSR count). The standard InChI is InChI=1S/C16H26ClN3/c1-4-9-20(11-13-5-6-13)16-8-7-14(17)15(19-16)10-18-12(2)3/h7-8,12-13,18H,4-6,9-11H2,1-3H3. The van der Waals surface area contributed by atoms with Crippen LogP contribution in [0.5, 0.6) is 0 Å². The van der Waals surface area contributed by atoms with Crippen LogP contribution >= 0.6 is 11.6 Å². The number of rotatable bonds is 8. The first-order chi connectivity index (χ1) is 9.60. The minimum Gasteiger partial charge on any atom is -0.356 e. The Hall–Kier alpha value is -0.800. The van der Waals surface area contributed by atoms with Crippen molar-refractivity contribution in [3.05, 3.63) is 22.8 Å². The maximum absolute atomic E-state index is 6.26. The quantitative estimate of drug-likeness (QED) is 0.789. The van der Waals surface area contributed by atoms with Gasteiger partial charge in [-0.05, 0) is 37.3 Å². The predicted molar refractivity (Wildman–Crippen MR) is 86.5 cm³/mol. The van der Waals surface area contributed by atoms with E-state index in [2.05, 4.69) is 37.1 Å². The van der Waals surface area contributed by atoms with Gasteiger partial charge in [0.1, 0.15) is 5.82 Å². The van der Waals surface area contributed by atoms with E-state index < -0.39 is 0 Å². The molecule has 0 spiro atoms. The number of nitrogens with one attached hydrogen (secondary N) is 1. The Kier molecular flexibility index (Phi) is 5.67. The summed E-state index contributed by atoms with van der Waals surface area (Å²) in [5, 5.41) is 4.14. The lowest BCUT2D eigenvalue weighted by Crippen LogP contribution is -2.28. The van der Waals surface area contributed by atoms with E-state index >= 15 is 0 Å². The molecule has 1 N–H and O–H groups in total. The fraction of sp³-hybridized carbons (Fsp3) is 0.688. The van der Waals surface area contributed by atoms with Crippen LogP contribution in [0.4, 0.5) is 5.82 Å². The van der Waals surface area contributed by atoms with Gasteiger partial charge in [-0.25, -0.2) is 4.98 Å². The third-order valence-corrected chi connectivity index (χ3v) is 3.92. The van der Waals surface area contributed by atoms with E-state index in [1.807, 2.05) is 6.07 Å². The number of nitrogens with zero attached hydrogens (tertiary/aromatic N) is 2. The average Bonchev–Trinajstić information content (AvgIpc) is 3.21. The molecule has 0 radical (unpaired) electrons. The second-order valence-corrected chi connectivity index (χ2v) is 6.43. The molecule has 1 aromatic rings. The molecule has 1 fully saturated rings. The van der Waals surface area contributed by atoms with Gasteiger partial charge in [0.15, 0.2) is 0 Å². The molecule has 1 heterocycles. The van der Waals surface area contributed by atoms with Crippen molar-refractivity contribution in [1.82, 2.24) is 10.3 Å². The van der Waals surface area contributed by atoms with E-state index in [0.29, 0.717) is 6.04 Å². The number of hydrogen-bond donors (Lipinski definition) is 1. The van der Waals surface area contributed by atoms with Crippen molar-refractivity contribution in [1.29, 1.82) is 0 Å². The van der Waals surface area contributed by atoms with Gasteiger partial charge >= 0.3 is 0 Å². The van der Waals surface area contributed by atoms with Crippen LogP contribution in [0.2, 0.25) is 5.02 Å². The molecule has 0 bridgehead atoms. The average molecular weight is 296 g/mol. The van der Waals surface area contributed by atoms with Crippen LogP contribution < -0.4 is 10.2 Å². The van der Waals surface area contributed by atoms with Crippen molar-refractivity contribution in [3.8, 4) is 0 Å². The molecule has 3 nitrogen and oxygen atoms in total. The molecule has 0 amide bonds. The topological polar surface area (TPSA) is 28.2 Å². The summed E-state index contributed by atoms with van der Waals surface area (Å²) in [4.78, 5) is 7.19. The van der Waals surface area contributed by atoms with Crippen LogP contribution in [0.15, 0.2) is 12.1 Å². The van der Waals surface area contributed by atoms with Gasteiger partial charge in [0.05, 0.1) is 10.7 Å². The first-order valence-corrected chi connectivity index (χ1v) is 8.11. The monoisotopic (exact) mass is 295 g/mol. The third-order valence-electron chi connectivity index (χ3n) is 3.57. The number of halogens is 1. The maximum Gasteiger partial charge on any atom is 0.128 e. The van der Waals surface area contributed by atoms with Crippen LogP contribution in [0.1, 0.15) is 45.7 Å². The molecule has 0 saturated heterocycles. The number of pyridine rings is 1. The van der Waals surface area contributed by atoms with E-state index in [1.165, 1.54) is 12.8 Å². The van der Waals surface area contributed by atoms with Gasteiger partial charge in [0, 0.05) is 25.7 Å². The molecular weight excluding hydrogens is 270 g/mol. The van der Waals surface area contributed by atoms with Crippen LogP contribution in [0, 0.1) is 5.92 Å². The van der Waals surface area contributed by atoms with E-state index in [1.54, 1.807) is 0 Å². The molecule has 4 heteroatoms. The second kappa shape index (κ2) is 7.28. The van der Waals surface area contributed by atoms with Crippen molar-refractivity contribution < 1.29 is 0 Å². The highest BCUT2D eigenvalue weighted by molar-refractivity contribution is 6.31. The van der Waals surface area contributed by atoms with E-state index in [9.17, 15) is 0 Å². The van der Waals surface area contributed by atoms with Gasteiger partial charge in [-0.1, -0.05) is 32.4 Å². The van der Waals surface area contributed by atoms with E-state index in [-0.39, 0.29) is 0 Å². The van der Waals surface area contributed by atoms with Crippen molar-refractivity contribution >= 4 is 17.4 Å². The zero-order chi connectivity index (χ0) is 14.5. The lowest BCUT2D eigenvalue weighted by molar-refractivity contribution is 0.580. The summed E-state index contributed by atoms with van der Waals surface area (Å²) in [6, 6.07) is 4.48. The smallest absolute Gasteiger partial charge is 0.128 e. The van der Waals surface area contributed by atoms with Crippen molar-refractivity contribution in [2.45, 2.75) is 52.6 Å². The van der Waals surface area contributed by atoms with Gasteiger partial charge in [0.2, 0.25) is 0 Å². The van der Waals surface area contributed by atoms with Crippen LogP contribution in [-0.4, -0.2) is 24.1 Å². The highest BCUT2D eigenvalue weighted by atomic mass is 35.5. The Morgan fingerprint density at radius 3 is 2.75 bits per heavy atom. The molecule has 1 saturated carbocycles. The Labute approximate surface area is 127 Å². The molecule has 112 valence electrons. The SMILES string of the molecule is CCCN(CC1CC1)c1ccc(Cl)c(CNC(C)C)n1. The van der Waals surface area contributed by atoms with Crippen molar-refractivity contribution in [3.63, 3.8) is 0 Å². The van der Waals surface area contributed by atoms with Gasteiger partial charge in [-0.15, -0.1) is 0 Å². The summed E-state index contributed by atoms with van der Waals surface area (Å²) in [7, 11) is 0. The lowest BCUT2D eigenvalue weighted by Gasteiger charge is -2.24. The number of anilines is 1. The molecular formula is C16H26ClN3. The summed E-state index contributed by atoms with van der Waals surface area (Å²) in [6.45, 7) is 9.43. The van der Waals surface area contributed by atoms with Gasteiger partial charge in [-0.2, -0.15) is 0 Å². The largest absolute Gasteiger partial charge is 0.356 e. The third kappa shape index (κ3) is 4.64. The maximum atomic E-state index is 6.26. The van der Waals surface area contributed by atoms with Crippen LogP contribution in [0.3, 0.4) is 0 Å². The zero-order valence-electron chi connectivity index (χ0n) is 12.8. The number of aromatic nitrogens is 1. The minimum atomic E-state index is 0.440. The van der Waals surface area contributed by atoms with Gasteiger partial charge < -0.3 is 10.2 Å². The van der Waals surface area contributed by atoms with Crippen LogP contribution in [-0.2, 0) is 6.54 Å². The summed E-state index contributed by atoms with van der Waals surface area (Å²) in [6.07, 6.45) is 3.89. The predicted octanol–water partition coefficient (Wildman–Crippen LogP) is 3.86. The summed E-state index contributed by atoms with van der Waals surface area (Å²) in [5.41, 5.74) is 0.953. The second-order valence-electron chi connectivity index (χ2n) is 6.02. The van der Waals surface area contributed by atoms with Gasteiger partial charge in [0.25, 0.3) is 0 Å². The van der Waals surface area contributed by atoms with Gasteiger partial charge in [-0.3, -0.25) is 0 Å². The summed E-state index contributed by atoms with van der Waals surface area (Å²) in [5.74, 6) is 1.94. The Morgan fingerprint density at radius 1 is 1.40 bits per heavy atom. The first-order valence-electron chi connectivity index (χ1n) is 7.74. The molecule has 1 aromatic heterocycles. The highest BCUT2D eigenvalue weighted by Gasteiger charge is 2.24. The molecule has 0 aliphatic heterocycles. The number of hydrogen-bond acceptors (Lipinski definition) is 3. The summed E-state index contributed by atoms with van der Waals surface area (Å²) < 4.78 is 0. The van der Waals surface area contributed by atoms with Crippen molar-refractivity contribution in [2.75, 3.05) is 18.0 Å². The minimum absolute atomic E-state index is 0.440. The summed E-state index contributed by atoms with van der Waals surface area (Å²) >= 11 is 6.26. The molecule has 1 aliphatic carbocycles. The van der Waals surface area contributed by atoms with E-state index in [0.717, 1.165) is 48.5 Å². The molecule has 20 heavy (non-hydrogen) atoms. The fourth-order valence-electron chi connectivity index (χ4n) is 2.26. The zero-order valence-corrected chi connectivity index (χ0v) is 13.6. The Balaban J connectivity index is 2.09. The molecule has 0 aromatic carbocycles. The van der Waals surface area contributed by atoms with E-state index in [4.69, 9.17) is 16.6 Å². The Bertz CT molecular complexity index is 430. The highest BCUT2D eigenvalue weighted by Crippen LogP contribution is 2.31. The Morgan fingerprint density at radius 2 is 2.15 bits per heavy atom. The normalized spacial score (nSPS) is 14.8. The molecule has 0 atom stereocenters. The van der Waals surface area contributed by atoms with Crippen molar-refractivity contribution in [2.24, 2.45) is 5.92 Å². The van der Waals surface area contributed by atoms with Crippen LogP contribution in [0.25, 0.3) is 0 Å². The first kappa shape index (κ1) is 15.6. The lowest BCUT2D eigenvalue weighted by atomic mass is 10.2.